The summed E-state index contributed by atoms with van der Waals surface area (Å²) in [5.74, 6) is 1.44. The third-order valence-electron chi connectivity index (χ3n) is 4.63. The van der Waals surface area contributed by atoms with Crippen molar-refractivity contribution < 1.29 is 0 Å². The summed E-state index contributed by atoms with van der Waals surface area (Å²) < 4.78 is 0. The SMILES string of the molecule is CCN(c1cccc(C)c1)c1cc(C)nc(Nc2cccc3cccnc23)n1. The summed E-state index contributed by atoms with van der Waals surface area (Å²) in [5, 5.41) is 4.44. The van der Waals surface area contributed by atoms with Gasteiger partial charge in [-0.25, -0.2) is 4.98 Å². The molecule has 0 radical (unpaired) electrons. The van der Waals surface area contributed by atoms with Crippen LogP contribution in [0.2, 0.25) is 0 Å². The Kier molecular flexibility index (Phi) is 4.89. The van der Waals surface area contributed by atoms with Gasteiger partial charge in [-0.1, -0.05) is 30.3 Å². The van der Waals surface area contributed by atoms with E-state index in [0.717, 1.165) is 40.3 Å². The predicted molar refractivity (Wildman–Crippen MR) is 116 cm³/mol. The van der Waals surface area contributed by atoms with Crippen molar-refractivity contribution in [3.8, 4) is 0 Å². The van der Waals surface area contributed by atoms with E-state index in [9.17, 15) is 0 Å². The number of hydrogen-bond donors (Lipinski definition) is 1. The Hall–Kier alpha value is -3.47. The Morgan fingerprint density at radius 2 is 1.75 bits per heavy atom. The zero-order valence-electron chi connectivity index (χ0n) is 16.3. The number of rotatable bonds is 5. The Morgan fingerprint density at radius 1 is 0.929 bits per heavy atom. The van der Waals surface area contributed by atoms with Gasteiger partial charge in [0.05, 0.1) is 11.2 Å². The molecule has 0 bridgehead atoms. The number of hydrogen-bond acceptors (Lipinski definition) is 5. The second-order valence-corrected chi connectivity index (χ2v) is 6.78. The van der Waals surface area contributed by atoms with Gasteiger partial charge >= 0.3 is 0 Å². The molecule has 2 heterocycles. The average molecular weight is 369 g/mol. The van der Waals surface area contributed by atoms with Crippen LogP contribution in [0, 0.1) is 13.8 Å². The average Bonchev–Trinajstić information content (AvgIpc) is 2.69. The molecule has 4 rings (SSSR count). The molecule has 4 aromatic rings. The summed E-state index contributed by atoms with van der Waals surface area (Å²) in [6.45, 7) is 7.03. The van der Waals surface area contributed by atoms with Gasteiger partial charge in [-0.3, -0.25) is 4.98 Å². The van der Waals surface area contributed by atoms with Crippen LogP contribution in [0.1, 0.15) is 18.2 Å². The minimum atomic E-state index is 0.569. The third kappa shape index (κ3) is 3.64. The minimum absolute atomic E-state index is 0.569. The van der Waals surface area contributed by atoms with Gasteiger partial charge in [0.15, 0.2) is 0 Å². The lowest BCUT2D eigenvalue weighted by Crippen LogP contribution is -2.18. The van der Waals surface area contributed by atoms with Crippen LogP contribution in [-0.2, 0) is 0 Å². The Labute approximate surface area is 165 Å². The molecule has 0 fully saturated rings. The molecule has 5 heteroatoms. The van der Waals surface area contributed by atoms with E-state index in [2.05, 4.69) is 58.3 Å². The highest BCUT2D eigenvalue weighted by molar-refractivity contribution is 5.91. The van der Waals surface area contributed by atoms with Crippen molar-refractivity contribution in [1.29, 1.82) is 0 Å². The summed E-state index contributed by atoms with van der Waals surface area (Å²) in [5.41, 5.74) is 5.06. The van der Waals surface area contributed by atoms with Crippen LogP contribution in [0.4, 0.5) is 23.1 Å². The van der Waals surface area contributed by atoms with Crippen molar-refractivity contribution in [3.05, 3.63) is 78.1 Å². The smallest absolute Gasteiger partial charge is 0.229 e. The van der Waals surface area contributed by atoms with Crippen LogP contribution in [-0.4, -0.2) is 21.5 Å². The van der Waals surface area contributed by atoms with E-state index >= 15 is 0 Å². The molecule has 0 amide bonds. The monoisotopic (exact) mass is 369 g/mol. The number of aryl methyl sites for hydroxylation is 2. The quantitative estimate of drug-likeness (QED) is 0.500. The van der Waals surface area contributed by atoms with E-state index in [1.54, 1.807) is 6.20 Å². The highest BCUT2D eigenvalue weighted by Crippen LogP contribution is 2.28. The lowest BCUT2D eigenvalue weighted by molar-refractivity contribution is 0.968. The molecule has 0 spiro atoms. The molecule has 5 nitrogen and oxygen atoms in total. The van der Waals surface area contributed by atoms with Crippen LogP contribution in [0.25, 0.3) is 10.9 Å². The fourth-order valence-electron chi connectivity index (χ4n) is 3.34. The summed E-state index contributed by atoms with van der Waals surface area (Å²) in [6, 6.07) is 20.5. The molecular weight excluding hydrogens is 346 g/mol. The highest BCUT2D eigenvalue weighted by atomic mass is 15.2. The molecule has 28 heavy (non-hydrogen) atoms. The topological polar surface area (TPSA) is 53.9 Å². The maximum Gasteiger partial charge on any atom is 0.229 e. The fraction of sp³-hybridized carbons (Fsp3) is 0.174. The first-order chi connectivity index (χ1) is 13.6. The number of benzene rings is 2. The van der Waals surface area contributed by atoms with Crippen molar-refractivity contribution in [2.75, 3.05) is 16.8 Å². The number of anilines is 4. The molecule has 0 saturated heterocycles. The standard InChI is InChI=1S/C23H23N5/c1-4-28(19-11-5-8-16(2)14-19)21-15-17(3)25-23(27-21)26-20-12-6-9-18-10-7-13-24-22(18)20/h5-15H,4H2,1-3H3,(H,25,26,27). The molecule has 1 N–H and O–H groups in total. The molecule has 0 atom stereocenters. The molecular formula is C23H23N5. The van der Waals surface area contributed by atoms with E-state index in [-0.39, 0.29) is 0 Å². The van der Waals surface area contributed by atoms with E-state index in [0.29, 0.717) is 5.95 Å². The fourth-order valence-corrected chi connectivity index (χ4v) is 3.34. The molecule has 140 valence electrons. The largest absolute Gasteiger partial charge is 0.326 e. The summed E-state index contributed by atoms with van der Waals surface area (Å²) in [4.78, 5) is 16.1. The van der Waals surface area contributed by atoms with Gasteiger partial charge in [0.25, 0.3) is 0 Å². The molecule has 0 aliphatic carbocycles. The number of aromatic nitrogens is 3. The molecule has 2 aromatic heterocycles. The molecule has 0 aliphatic rings. The maximum atomic E-state index is 4.79. The lowest BCUT2D eigenvalue weighted by Gasteiger charge is -2.23. The van der Waals surface area contributed by atoms with Crippen LogP contribution in [0.5, 0.6) is 0 Å². The van der Waals surface area contributed by atoms with E-state index in [1.165, 1.54) is 5.56 Å². The Morgan fingerprint density at radius 3 is 2.57 bits per heavy atom. The normalized spacial score (nSPS) is 10.8. The molecule has 0 saturated carbocycles. The van der Waals surface area contributed by atoms with Gasteiger partial charge in [0, 0.05) is 35.6 Å². The first-order valence-electron chi connectivity index (χ1n) is 9.44. The van der Waals surface area contributed by atoms with Crippen LogP contribution >= 0.6 is 0 Å². The molecule has 0 aliphatic heterocycles. The molecule has 0 unspecified atom stereocenters. The number of fused-ring (bicyclic) bond motifs is 1. The van der Waals surface area contributed by atoms with Crippen LogP contribution in [0.15, 0.2) is 66.9 Å². The minimum Gasteiger partial charge on any atom is -0.326 e. The van der Waals surface area contributed by atoms with E-state index in [1.807, 2.05) is 43.3 Å². The number of pyridine rings is 1. The van der Waals surface area contributed by atoms with Crippen LogP contribution in [0.3, 0.4) is 0 Å². The molecule has 2 aromatic carbocycles. The van der Waals surface area contributed by atoms with Gasteiger partial charge in [-0.05, 0) is 50.6 Å². The summed E-state index contributed by atoms with van der Waals surface area (Å²) in [6.07, 6.45) is 1.80. The second-order valence-electron chi connectivity index (χ2n) is 6.78. The lowest BCUT2D eigenvalue weighted by atomic mass is 10.2. The van der Waals surface area contributed by atoms with Crippen molar-refractivity contribution in [1.82, 2.24) is 15.0 Å². The van der Waals surface area contributed by atoms with Gasteiger partial charge < -0.3 is 10.2 Å². The van der Waals surface area contributed by atoms with Gasteiger partial charge in [-0.2, -0.15) is 4.98 Å². The van der Waals surface area contributed by atoms with Crippen molar-refractivity contribution in [3.63, 3.8) is 0 Å². The van der Waals surface area contributed by atoms with E-state index in [4.69, 9.17) is 4.98 Å². The van der Waals surface area contributed by atoms with Gasteiger partial charge in [0.2, 0.25) is 5.95 Å². The van der Waals surface area contributed by atoms with Crippen molar-refractivity contribution in [2.45, 2.75) is 20.8 Å². The van der Waals surface area contributed by atoms with Crippen molar-refractivity contribution in [2.24, 2.45) is 0 Å². The number of nitrogens with one attached hydrogen (secondary N) is 1. The maximum absolute atomic E-state index is 4.79. The second kappa shape index (κ2) is 7.64. The summed E-state index contributed by atoms with van der Waals surface area (Å²) in [7, 11) is 0. The highest BCUT2D eigenvalue weighted by Gasteiger charge is 2.12. The number of nitrogens with zero attached hydrogens (tertiary/aromatic N) is 4. The zero-order valence-corrected chi connectivity index (χ0v) is 16.3. The van der Waals surface area contributed by atoms with Gasteiger partial charge in [-0.15, -0.1) is 0 Å². The summed E-state index contributed by atoms with van der Waals surface area (Å²) >= 11 is 0. The van der Waals surface area contributed by atoms with Gasteiger partial charge in [0.1, 0.15) is 5.82 Å². The zero-order chi connectivity index (χ0) is 19.5. The number of para-hydroxylation sites is 1. The Balaban J connectivity index is 1.72. The third-order valence-corrected chi connectivity index (χ3v) is 4.63. The van der Waals surface area contributed by atoms with E-state index < -0.39 is 0 Å². The first-order valence-corrected chi connectivity index (χ1v) is 9.44. The predicted octanol–water partition coefficient (Wildman–Crippen LogP) is 5.54. The Bertz CT molecular complexity index is 1120. The van der Waals surface area contributed by atoms with Crippen molar-refractivity contribution >= 4 is 34.0 Å². The van der Waals surface area contributed by atoms with Crippen LogP contribution < -0.4 is 10.2 Å². The first kappa shape index (κ1) is 17.9.